The molecule has 1 aromatic carbocycles. The molecule has 24 heavy (non-hydrogen) atoms. The van der Waals surface area contributed by atoms with Crippen LogP contribution >= 0.6 is 0 Å². The Labute approximate surface area is 139 Å². The van der Waals surface area contributed by atoms with Gasteiger partial charge in [0, 0.05) is 6.54 Å². The van der Waals surface area contributed by atoms with Crippen molar-refractivity contribution in [2.75, 3.05) is 18.1 Å². The van der Waals surface area contributed by atoms with Gasteiger partial charge in [0.25, 0.3) is 0 Å². The van der Waals surface area contributed by atoms with Gasteiger partial charge in [-0.2, -0.15) is 13.2 Å². The standard InChI is InChI=1S/C16H20F3NO3S/c1-3-20(15(21)13-7-8-24(22,23)10-13)11(2)12-5-4-6-14(9-12)16(17,18)19/h4-6,9,11,13H,3,7-8,10H2,1-2H3. The molecule has 1 fully saturated rings. The van der Waals surface area contributed by atoms with Crippen molar-refractivity contribution in [3.63, 3.8) is 0 Å². The van der Waals surface area contributed by atoms with Gasteiger partial charge in [0.2, 0.25) is 5.91 Å². The van der Waals surface area contributed by atoms with E-state index in [2.05, 4.69) is 0 Å². The highest BCUT2D eigenvalue weighted by molar-refractivity contribution is 7.91. The first-order valence-electron chi connectivity index (χ1n) is 7.73. The summed E-state index contributed by atoms with van der Waals surface area (Å²) < 4.78 is 61.7. The van der Waals surface area contributed by atoms with E-state index in [9.17, 15) is 26.4 Å². The van der Waals surface area contributed by atoms with E-state index in [1.54, 1.807) is 19.9 Å². The van der Waals surface area contributed by atoms with Crippen molar-refractivity contribution in [3.8, 4) is 0 Å². The summed E-state index contributed by atoms with van der Waals surface area (Å²) in [5.74, 6) is -1.12. The van der Waals surface area contributed by atoms with E-state index in [1.807, 2.05) is 0 Å². The van der Waals surface area contributed by atoms with Gasteiger partial charge < -0.3 is 4.90 Å². The van der Waals surface area contributed by atoms with E-state index < -0.39 is 33.5 Å². The molecule has 1 aromatic rings. The van der Waals surface area contributed by atoms with Crippen LogP contribution in [0.4, 0.5) is 13.2 Å². The van der Waals surface area contributed by atoms with Gasteiger partial charge in [-0.3, -0.25) is 4.79 Å². The second kappa shape index (κ2) is 6.74. The molecular formula is C16H20F3NO3S. The largest absolute Gasteiger partial charge is 0.416 e. The number of alkyl halides is 3. The molecular weight excluding hydrogens is 343 g/mol. The molecule has 1 aliphatic rings. The molecule has 1 saturated heterocycles. The fourth-order valence-electron chi connectivity index (χ4n) is 3.00. The Bertz CT molecular complexity index is 716. The molecule has 0 aromatic heterocycles. The predicted molar refractivity (Wildman–Crippen MR) is 84.0 cm³/mol. The number of nitrogens with zero attached hydrogens (tertiary/aromatic N) is 1. The minimum atomic E-state index is -4.45. The van der Waals surface area contributed by atoms with Crippen LogP contribution in [-0.4, -0.2) is 37.3 Å². The molecule has 2 rings (SSSR count). The maximum Gasteiger partial charge on any atom is 0.416 e. The summed E-state index contributed by atoms with van der Waals surface area (Å²) >= 11 is 0. The zero-order chi connectivity index (χ0) is 18.1. The lowest BCUT2D eigenvalue weighted by molar-refractivity contribution is -0.137. The maximum absolute atomic E-state index is 12.9. The smallest absolute Gasteiger partial charge is 0.336 e. The number of rotatable bonds is 4. The first-order valence-corrected chi connectivity index (χ1v) is 9.55. The predicted octanol–water partition coefficient (Wildman–Crippen LogP) is 3.05. The van der Waals surface area contributed by atoms with Gasteiger partial charge in [0.05, 0.1) is 29.0 Å². The van der Waals surface area contributed by atoms with Crippen LogP contribution in [0.3, 0.4) is 0 Å². The van der Waals surface area contributed by atoms with Crippen molar-refractivity contribution in [1.29, 1.82) is 0 Å². The quantitative estimate of drug-likeness (QED) is 0.826. The SMILES string of the molecule is CCN(C(=O)C1CCS(=O)(=O)C1)C(C)c1cccc(C(F)(F)F)c1. The van der Waals surface area contributed by atoms with Gasteiger partial charge in [-0.25, -0.2) is 8.42 Å². The molecule has 8 heteroatoms. The Morgan fingerprint density at radius 3 is 2.54 bits per heavy atom. The molecule has 0 aliphatic carbocycles. The molecule has 2 unspecified atom stereocenters. The van der Waals surface area contributed by atoms with Crippen LogP contribution in [0.1, 0.15) is 37.4 Å². The van der Waals surface area contributed by atoms with Crippen molar-refractivity contribution in [2.24, 2.45) is 5.92 Å². The molecule has 2 atom stereocenters. The summed E-state index contributed by atoms with van der Waals surface area (Å²) in [5.41, 5.74) is -0.389. The Hall–Kier alpha value is -1.57. The summed E-state index contributed by atoms with van der Waals surface area (Å²) in [7, 11) is -3.19. The summed E-state index contributed by atoms with van der Waals surface area (Å²) in [4.78, 5) is 14.0. The van der Waals surface area contributed by atoms with Gasteiger partial charge in [0.15, 0.2) is 9.84 Å². The van der Waals surface area contributed by atoms with Crippen LogP contribution in [0.2, 0.25) is 0 Å². The van der Waals surface area contributed by atoms with Gasteiger partial charge in [-0.15, -0.1) is 0 Å². The first kappa shape index (κ1) is 18.8. The van der Waals surface area contributed by atoms with Crippen molar-refractivity contribution in [1.82, 2.24) is 4.90 Å². The third kappa shape index (κ3) is 4.09. The number of amides is 1. The minimum absolute atomic E-state index is 0.0150. The number of carbonyl (C=O) groups is 1. The average Bonchev–Trinajstić information content (AvgIpc) is 2.87. The number of hydrogen-bond donors (Lipinski definition) is 0. The first-order chi connectivity index (χ1) is 11.0. The molecule has 134 valence electrons. The minimum Gasteiger partial charge on any atom is -0.336 e. The highest BCUT2D eigenvalue weighted by Crippen LogP contribution is 2.32. The summed E-state index contributed by atoms with van der Waals surface area (Å²) in [6.07, 6.45) is -4.18. The fourth-order valence-corrected chi connectivity index (χ4v) is 4.73. The van der Waals surface area contributed by atoms with Crippen LogP contribution in [0.5, 0.6) is 0 Å². The normalized spacial score (nSPS) is 21.5. The summed E-state index contributed by atoms with van der Waals surface area (Å²) in [5, 5.41) is 0. The molecule has 1 aliphatic heterocycles. The van der Waals surface area contributed by atoms with E-state index in [0.29, 0.717) is 12.1 Å². The lowest BCUT2D eigenvalue weighted by Crippen LogP contribution is -2.38. The molecule has 1 amide bonds. The number of halogens is 3. The van der Waals surface area contributed by atoms with E-state index in [4.69, 9.17) is 0 Å². The Morgan fingerprint density at radius 2 is 2.04 bits per heavy atom. The number of carbonyl (C=O) groups excluding carboxylic acids is 1. The lowest BCUT2D eigenvalue weighted by Gasteiger charge is -2.31. The van der Waals surface area contributed by atoms with Gasteiger partial charge >= 0.3 is 6.18 Å². The van der Waals surface area contributed by atoms with E-state index >= 15 is 0 Å². The second-order valence-corrected chi connectivity index (χ2v) is 8.25. The topological polar surface area (TPSA) is 54.5 Å². The van der Waals surface area contributed by atoms with Gasteiger partial charge in [-0.1, -0.05) is 12.1 Å². The van der Waals surface area contributed by atoms with Crippen LogP contribution < -0.4 is 0 Å². The second-order valence-electron chi connectivity index (χ2n) is 6.02. The van der Waals surface area contributed by atoms with E-state index in [1.165, 1.54) is 11.0 Å². The van der Waals surface area contributed by atoms with Gasteiger partial charge in [-0.05, 0) is 38.0 Å². The molecule has 0 spiro atoms. The highest BCUT2D eigenvalue weighted by atomic mass is 32.2. The molecule has 1 heterocycles. The molecule has 4 nitrogen and oxygen atoms in total. The lowest BCUT2D eigenvalue weighted by atomic mass is 10.0. The Morgan fingerprint density at radius 1 is 1.38 bits per heavy atom. The fraction of sp³-hybridized carbons (Fsp3) is 0.562. The highest BCUT2D eigenvalue weighted by Gasteiger charge is 2.37. The van der Waals surface area contributed by atoms with E-state index in [-0.39, 0.29) is 23.8 Å². The van der Waals surface area contributed by atoms with Crippen molar-refractivity contribution < 1.29 is 26.4 Å². The van der Waals surface area contributed by atoms with Crippen molar-refractivity contribution >= 4 is 15.7 Å². The van der Waals surface area contributed by atoms with Crippen LogP contribution in [-0.2, 0) is 20.8 Å². The van der Waals surface area contributed by atoms with Crippen molar-refractivity contribution in [3.05, 3.63) is 35.4 Å². The number of hydrogen-bond acceptors (Lipinski definition) is 3. The Balaban J connectivity index is 2.23. The maximum atomic E-state index is 12.9. The molecule has 0 radical (unpaired) electrons. The summed E-state index contributed by atoms with van der Waals surface area (Å²) in [6.45, 7) is 3.68. The number of sulfone groups is 1. The zero-order valence-electron chi connectivity index (χ0n) is 13.5. The molecule has 0 N–H and O–H groups in total. The third-order valence-electron chi connectivity index (χ3n) is 4.37. The van der Waals surface area contributed by atoms with Crippen LogP contribution in [0, 0.1) is 5.92 Å². The molecule has 0 bridgehead atoms. The van der Waals surface area contributed by atoms with Crippen LogP contribution in [0.25, 0.3) is 0 Å². The monoisotopic (exact) mass is 363 g/mol. The average molecular weight is 363 g/mol. The third-order valence-corrected chi connectivity index (χ3v) is 6.14. The Kier molecular flexibility index (Phi) is 5.27. The summed E-state index contributed by atoms with van der Waals surface area (Å²) in [6, 6.07) is 4.31. The number of benzene rings is 1. The van der Waals surface area contributed by atoms with Crippen molar-refractivity contribution in [2.45, 2.75) is 32.5 Å². The van der Waals surface area contributed by atoms with Gasteiger partial charge in [0.1, 0.15) is 0 Å². The zero-order valence-corrected chi connectivity index (χ0v) is 14.3. The molecule has 0 saturated carbocycles. The van der Waals surface area contributed by atoms with Crippen LogP contribution in [0.15, 0.2) is 24.3 Å². The van der Waals surface area contributed by atoms with E-state index in [0.717, 1.165) is 12.1 Å².